The van der Waals surface area contributed by atoms with Gasteiger partial charge in [-0.2, -0.15) is 0 Å². The van der Waals surface area contributed by atoms with Crippen LogP contribution in [0.25, 0.3) is 0 Å². The first-order valence-corrected chi connectivity index (χ1v) is 8.42. The molecule has 0 spiro atoms. The van der Waals surface area contributed by atoms with E-state index in [0.717, 1.165) is 19.5 Å². The molecule has 0 radical (unpaired) electrons. The number of esters is 1. The first-order valence-electron chi connectivity index (χ1n) is 8.04. The Morgan fingerprint density at radius 2 is 2.17 bits per heavy atom. The van der Waals surface area contributed by atoms with Crippen molar-refractivity contribution in [3.8, 4) is 0 Å². The Labute approximate surface area is 147 Å². The van der Waals surface area contributed by atoms with E-state index in [0.29, 0.717) is 18.6 Å². The van der Waals surface area contributed by atoms with Crippen LogP contribution in [-0.2, 0) is 9.53 Å². The van der Waals surface area contributed by atoms with Crippen molar-refractivity contribution in [3.63, 3.8) is 0 Å². The van der Waals surface area contributed by atoms with Crippen LogP contribution in [0.3, 0.4) is 0 Å². The number of rotatable bonds is 4. The van der Waals surface area contributed by atoms with Crippen LogP contribution in [0.1, 0.15) is 50.4 Å². The fourth-order valence-electron chi connectivity index (χ4n) is 2.29. The Hall–Kier alpha value is -1.46. The lowest BCUT2D eigenvalue weighted by Crippen LogP contribution is -2.24. The van der Waals surface area contributed by atoms with Crippen LogP contribution in [0.2, 0.25) is 5.02 Å². The Kier molecular flexibility index (Phi) is 8.36. The highest BCUT2D eigenvalue weighted by atomic mass is 35.5. The molecule has 2 rings (SSSR count). The maximum atomic E-state index is 12.6. The summed E-state index contributed by atoms with van der Waals surface area (Å²) in [4.78, 5) is 21.5. The Morgan fingerprint density at radius 3 is 2.67 bits per heavy atom. The molecule has 0 saturated carbocycles. The van der Waals surface area contributed by atoms with Crippen molar-refractivity contribution in [2.45, 2.75) is 45.6 Å². The van der Waals surface area contributed by atoms with Crippen LogP contribution >= 0.6 is 11.6 Å². The number of ether oxygens (including phenoxy) is 1. The molecule has 1 aliphatic rings. The maximum Gasteiger partial charge on any atom is 0.306 e. The first-order chi connectivity index (χ1) is 11.2. The molecule has 0 aromatic heterocycles. The third-order valence-corrected chi connectivity index (χ3v) is 3.74. The van der Waals surface area contributed by atoms with Gasteiger partial charge in [0.25, 0.3) is 0 Å². The molecule has 0 bridgehead atoms. The Balaban J connectivity index is 0.000000254. The molecule has 0 amide bonds. The zero-order valence-corrected chi connectivity index (χ0v) is 15.2. The predicted octanol–water partition coefficient (Wildman–Crippen LogP) is 4.01. The average Bonchev–Trinajstić information content (AvgIpc) is 3.00. The second-order valence-corrected chi connectivity index (χ2v) is 7.15. The van der Waals surface area contributed by atoms with Gasteiger partial charge < -0.3 is 10.1 Å². The number of aldehydes is 1. The van der Waals surface area contributed by atoms with Gasteiger partial charge in [-0.25, -0.2) is 4.39 Å². The molecule has 1 atom stereocenters. The quantitative estimate of drug-likeness (QED) is 0.653. The van der Waals surface area contributed by atoms with Crippen LogP contribution in [0, 0.1) is 11.7 Å². The summed E-state index contributed by atoms with van der Waals surface area (Å²) in [5.74, 6) is -0.0499. The van der Waals surface area contributed by atoms with E-state index in [-0.39, 0.29) is 22.2 Å². The normalized spacial score (nSPS) is 17.0. The summed E-state index contributed by atoms with van der Waals surface area (Å²) in [6.07, 6.45) is 3.15. The minimum Gasteiger partial charge on any atom is -0.460 e. The van der Waals surface area contributed by atoms with Crippen molar-refractivity contribution in [1.29, 1.82) is 0 Å². The first kappa shape index (κ1) is 20.6. The molecule has 0 unspecified atom stereocenters. The van der Waals surface area contributed by atoms with E-state index in [2.05, 4.69) is 5.32 Å². The standard InChI is InChI=1S/C11H21NO2.C7H4ClFO/c1-11(2,3)14-10(13)5-4-9-6-7-12-8-9;8-6-3-1-2-5(4-10)7(6)9/h9,12H,4-8H2,1-3H3;1-4H/t9-;/m1./s1. The minimum absolute atomic E-state index is 0.00694. The zero-order chi connectivity index (χ0) is 18.2. The second kappa shape index (κ2) is 9.74. The Morgan fingerprint density at radius 1 is 1.46 bits per heavy atom. The molecule has 1 aromatic carbocycles. The summed E-state index contributed by atoms with van der Waals surface area (Å²) in [7, 11) is 0. The van der Waals surface area contributed by atoms with Gasteiger partial charge in [0.2, 0.25) is 0 Å². The van der Waals surface area contributed by atoms with Crippen LogP contribution in [0.5, 0.6) is 0 Å². The highest BCUT2D eigenvalue weighted by Crippen LogP contribution is 2.17. The van der Waals surface area contributed by atoms with Crippen LogP contribution < -0.4 is 5.32 Å². The summed E-state index contributed by atoms with van der Waals surface area (Å²) in [5.41, 5.74) is -0.349. The third-order valence-electron chi connectivity index (χ3n) is 3.45. The summed E-state index contributed by atoms with van der Waals surface area (Å²) >= 11 is 5.36. The largest absolute Gasteiger partial charge is 0.460 e. The van der Waals surface area contributed by atoms with Crippen molar-refractivity contribution in [2.75, 3.05) is 13.1 Å². The van der Waals surface area contributed by atoms with Crippen molar-refractivity contribution in [3.05, 3.63) is 34.6 Å². The monoisotopic (exact) mass is 357 g/mol. The molecule has 1 aromatic rings. The van der Waals surface area contributed by atoms with Crippen LogP contribution in [-0.4, -0.2) is 30.9 Å². The molecular weight excluding hydrogens is 333 g/mol. The molecule has 1 N–H and O–H groups in total. The van der Waals surface area contributed by atoms with E-state index >= 15 is 0 Å². The van der Waals surface area contributed by atoms with Gasteiger partial charge in [-0.3, -0.25) is 9.59 Å². The van der Waals surface area contributed by atoms with E-state index in [1.807, 2.05) is 20.8 Å². The van der Waals surface area contributed by atoms with Gasteiger partial charge in [-0.05, 0) is 64.8 Å². The van der Waals surface area contributed by atoms with E-state index in [9.17, 15) is 14.0 Å². The molecule has 6 heteroatoms. The zero-order valence-electron chi connectivity index (χ0n) is 14.4. The molecule has 1 fully saturated rings. The van der Waals surface area contributed by atoms with Crippen molar-refractivity contribution >= 4 is 23.9 Å². The number of hydrogen-bond acceptors (Lipinski definition) is 4. The number of carbonyl (C=O) groups excluding carboxylic acids is 2. The lowest BCUT2D eigenvalue weighted by Gasteiger charge is -2.19. The number of carbonyl (C=O) groups is 2. The van der Waals surface area contributed by atoms with Gasteiger partial charge in [0.1, 0.15) is 5.60 Å². The average molecular weight is 358 g/mol. The highest BCUT2D eigenvalue weighted by Gasteiger charge is 2.19. The number of halogens is 2. The highest BCUT2D eigenvalue weighted by molar-refractivity contribution is 6.31. The third kappa shape index (κ3) is 7.88. The summed E-state index contributed by atoms with van der Waals surface area (Å²) < 4.78 is 17.9. The summed E-state index contributed by atoms with van der Waals surface area (Å²) in [5, 5.41) is 3.27. The number of hydrogen-bond donors (Lipinski definition) is 1. The lowest BCUT2D eigenvalue weighted by atomic mass is 10.0. The van der Waals surface area contributed by atoms with E-state index in [1.165, 1.54) is 24.6 Å². The summed E-state index contributed by atoms with van der Waals surface area (Å²) in [6.45, 7) is 7.87. The number of nitrogens with one attached hydrogen (secondary N) is 1. The molecule has 1 saturated heterocycles. The number of benzene rings is 1. The SMILES string of the molecule is CC(C)(C)OC(=O)CC[C@@H]1CCNC1.O=Cc1cccc(Cl)c1F. The molecule has 1 heterocycles. The smallest absolute Gasteiger partial charge is 0.306 e. The molecule has 0 aliphatic carbocycles. The van der Waals surface area contributed by atoms with Crippen molar-refractivity contribution in [2.24, 2.45) is 5.92 Å². The van der Waals surface area contributed by atoms with E-state index in [1.54, 1.807) is 0 Å². The predicted molar refractivity (Wildman–Crippen MR) is 92.9 cm³/mol. The summed E-state index contributed by atoms with van der Waals surface area (Å²) in [6, 6.07) is 4.28. The Bertz CT molecular complexity index is 552. The van der Waals surface area contributed by atoms with Gasteiger partial charge in [0.15, 0.2) is 12.1 Å². The van der Waals surface area contributed by atoms with Gasteiger partial charge in [-0.15, -0.1) is 0 Å². The molecule has 4 nitrogen and oxygen atoms in total. The van der Waals surface area contributed by atoms with Gasteiger partial charge >= 0.3 is 5.97 Å². The van der Waals surface area contributed by atoms with Gasteiger partial charge in [0, 0.05) is 6.42 Å². The van der Waals surface area contributed by atoms with Crippen LogP contribution in [0.4, 0.5) is 4.39 Å². The minimum atomic E-state index is -0.654. The molecule has 24 heavy (non-hydrogen) atoms. The fourth-order valence-corrected chi connectivity index (χ4v) is 2.47. The molecule has 134 valence electrons. The lowest BCUT2D eigenvalue weighted by molar-refractivity contribution is -0.155. The maximum absolute atomic E-state index is 12.6. The second-order valence-electron chi connectivity index (χ2n) is 6.74. The van der Waals surface area contributed by atoms with Gasteiger partial charge in [-0.1, -0.05) is 17.7 Å². The van der Waals surface area contributed by atoms with Gasteiger partial charge in [0.05, 0.1) is 10.6 Å². The fraction of sp³-hybridized carbons (Fsp3) is 0.556. The van der Waals surface area contributed by atoms with Crippen molar-refractivity contribution < 1.29 is 18.7 Å². The van der Waals surface area contributed by atoms with Crippen LogP contribution in [0.15, 0.2) is 18.2 Å². The topological polar surface area (TPSA) is 55.4 Å². The molecular formula is C18H25ClFNO3. The van der Waals surface area contributed by atoms with E-state index < -0.39 is 5.82 Å². The van der Waals surface area contributed by atoms with E-state index in [4.69, 9.17) is 16.3 Å². The van der Waals surface area contributed by atoms with Crippen molar-refractivity contribution in [1.82, 2.24) is 5.32 Å². The molecule has 1 aliphatic heterocycles.